The Morgan fingerprint density at radius 2 is 2.37 bits per heavy atom. The monoisotopic (exact) mass is 297 g/mol. The van der Waals surface area contributed by atoms with E-state index in [1.807, 2.05) is 23.2 Å². The fourth-order valence-corrected chi connectivity index (χ4v) is 5.43. The van der Waals surface area contributed by atoms with Gasteiger partial charge in [0.2, 0.25) is 0 Å². The van der Waals surface area contributed by atoms with Crippen molar-refractivity contribution < 1.29 is 9.90 Å². The molecule has 1 aromatic heterocycles. The van der Waals surface area contributed by atoms with Crippen molar-refractivity contribution in [2.75, 3.05) is 12.3 Å². The third kappa shape index (κ3) is 2.43. The fourth-order valence-electron chi connectivity index (χ4n) is 3.31. The zero-order valence-electron chi connectivity index (χ0n) is 11.0. The highest BCUT2D eigenvalue weighted by Gasteiger charge is 2.40. The summed E-state index contributed by atoms with van der Waals surface area (Å²) in [4.78, 5) is 15.2. The number of rotatable bonds is 2. The van der Waals surface area contributed by atoms with Crippen molar-refractivity contribution >= 4 is 29.1 Å². The van der Waals surface area contributed by atoms with Gasteiger partial charge in [-0.3, -0.25) is 9.69 Å². The lowest BCUT2D eigenvalue weighted by Crippen LogP contribution is -2.50. The lowest BCUT2D eigenvalue weighted by atomic mass is 9.95. The summed E-state index contributed by atoms with van der Waals surface area (Å²) in [5.41, 5.74) is 1.03. The van der Waals surface area contributed by atoms with E-state index >= 15 is 0 Å². The number of nitrogens with zero attached hydrogens (tertiary/aromatic N) is 1. The first kappa shape index (κ1) is 13.5. The van der Waals surface area contributed by atoms with Gasteiger partial charge >= 0.3 is 5.97 Å². The first-order valence-corrected chi connectivity index (χ1v) is 8.77. The molecular weight excluding hydrogens is 278 g/mol. The number of hydrogen-bond donors (Lipinski definition) is 1. The summed E-state index contributed by atoms with van der Waals surface area (Å²) < 4.78 is 0. The van der Waals surface area contributed by atoms with Crippen molar-refractivity contribution in [3.05, 3.63) is 21.9 Å². The van der Waals surface area contributed by atoms with Crippen LogP contribution in [0, 0.1) is 0 Å². The minimum atomic E-state index is -0.692. The van der Waals surface area contributed by atoms with Gasteiger partial charge < -0.3 is 5.11 Å². The molecule has 0 aliphatic carbocycles. The highest BCUT2D eigenvalue weighted by molar-refractivity contribution is 7.99. The van der Waals surface area contributed by atoms with Crippen LogP contribution in [0.3, 0.4) is 0 Å². The number of thiophene rings is 1. The molecule has 104 valence electrons. The Morgan fingerprint density at radius 1 is 1.53 bits per heavy atom. The number of carboxylic acid groups (broad SMARTS) is 1. The average molecular weight is 297 g/mol. The zero-order chi connectivity index (χ0) is 13.4. The molecule has 3 heterocycles. The maximum Gasteiger partial charge on any atom is 0.325 e. The van der Waals surface area contributed by atoms with Gasteiger partial charge in [-0.1, -0.05) is 6.92 Å². The Hall–Kier alpha value is -0.520. The Kier molecular flexibility index (Phi) is 3.87. The first-order chi connectivity index (χ1) is 9.18. The van der Waals surface area contributed by atoms with Crippen LogP contribution in [0.1, 0.15) is 36.2 Å². The maximum atomic E-state index is 11.7. The van der Waals surface area contributed by atoms with Gasteiger partial charge in [0.15, 0.2) is 0 Å². The first-order valence-electron chi connectivity index (χ1n) is 6.85. The second kappa shape index (κ2) is 5.46. The molecule has 0 bridgehead atoms. The molecular formula is C14H19NO2S2. The average Bonchev–Trinajstić information content (AvgIpc) is 2.86. The molecule has 3 rings (SSSR count). The van der Waals surface area contributed by atoms with E-state index in [1.165, 1.54) is 17.1 Å². The number of thioether (sulfide) groups is 1. The molecule has 3 nitrogen and oxygen atoms in total. The minimum absolute atomic E-state index is 0.410. The maximum absolute atomic E-state index is 11.7. The van der Waals surface area contributed by atoms with E-state index < -0.39 is 12.0 Å². The summed E-state index contributed by atoms with van der Waals surface area (Å²) in [5.74, 6) is 0.523. The van der Waals surface area contributed by atoms with Crippen molar-refractivity contribution in [1.29, 1.82) is 0 Å². The summed E-state index contributed by atoms with van der Waals surface area (Å²) >= 11 is 3.69. The largest absolute Gasteiger partial charge is 0.480 e. The molecule has 3 unspecified atom stereocenters. The zero-order valence-corrected chi connectivity index (χ0v) is 12.7. The number of carboxylic acids is 1. The smallest absolute Gasteiger partial charge is 0.325 e. The van der Waals surface area contributed by atoms with Crippen LogP contribution in [-0.4, -0.2) is 39.6 Å². The summed E-state index contributed by atoms with van der Waals surface area (Å²) in [7, 11) is 0. The van der Waals surface area contributed by atoms with Crippen LogP contribution in [0.4, 0.5) is 0 Å². The van der Waals surface area contributed by atoms with Gasteiger partial charge in [-0.15, -0.1) is 11.3 Å². The lowest BCUT2D eigenvalue weighted by molar-refractivity contribution is -0.145. The molecule has 1 fully saturated rings. The van der Waals surface area contributed by atoms with Gasteiger partial charge in [-0.05, 0) is 42.0 Å². The molecule has 2 aliphatic heterocycles. The van der Waals surface area contributed by atoms with Crippen molar-refractivity contribution in [3.63, 3.8) is 0 Å². The van der Waals surface area contributed by atoms with Crippen LogP contribution in [-0.2, 0) is 11.2 Å². The van der Waals surface area contributed by atoms with Gasteiger partial charge in [0, 0.05) is 22.7 Å². The van der Waals surface area contributed by atoms with Crippen LogP contribution in [0.2, 0.25) is 0 Å². The predicted molar refractivity (Wildman–Crippen MR) is 80.0 cm³/mol. The van der Waals surface area contributed by atoms with Crippen molar-refractivity contribution in [2.45, 2.75) is 43.5 Å². The highest BCUT2D eigenvalue weighted by Crippen LogP contribution is 2.39. The molecule has 1 aromatic rings. The molecule has 3 atom stereocenters. The Labute approximate surface area is 122 Å². The van der Waals surface area contributed by atoms with Gasteiger partial charge in [0.1, 0.15) is 6.04 Å². The van der Waals surface area contributed by atoms with Gasteiger partial charge in [-0.25, -0.2) is 0 Å². The van der Waals surface area contributed by atoms with Crippen LogP contribution in [0.25, 0.3) is 0 Å². The van der Waals surface area contributed by atoms with Gasteiger partial charge in [0.05, 0.1) is 0 Å². The van der Waals surface area contributed by atoms with Crippen LogP contribution < -0.4 is 0 Å². The molecule has 0 amide bonds. The van der Waals surface area contributed by atoms with Crippen LogP contribution in [0.5, 0.6) is 0 Å². The number of carbonyl (C=O) groups is 1. The third-order valence-electron chi connectivity index (χ3n) is 4.23. The van der Waals surface area contributed by atoms with E-state index in [0.29, 0.717) is 11.3 Å². The molecule has 0 radical (unpaired) electrons. The van der Waals surface area contributed by atoms with E-state index in [0.717, 1.165) is 24.9 Å². The van der Waals surface area contributed by atoms with Crippen molar-refractivity contribution in [3.8, 4) is 0 Å². The molecule has 1 saturated heterocycles. The molecule has 5 heteroatoms. The number of aliphatic carboxylic acids is 1. The summed E-state index contributed by atoms with van der Waals surface area (Å²) in [6, 6.07) is 1.99. The minimum Gasteiger partial charge on any atom is -0.480 e. The van der Waals surface area contributed by atoms with Crippen LogP contribution in [0.15, 0.2) is 11.4 Å². The van der Waals surface area contributed by atoms with Crippen molar-refractivity contribution in [2.24, 2.45) is 0 Å². The fraction of sp³-hybridized carbons (Fsp3) is 0.643. The van der Waals surface area contributed by atoms with E-state index in [2.05, 4.69) is 11.8 Å². The molecule has 0 saturated carbocycles. The SMILES string of the molecule is CC1SCCCC1N1CCc2sccc2C1C(=O)O. The topological polar surface area (TPSA) is 40.5 Å². The summed E-state index contributed by atoms with van der Waals surface area (Å²) in [6.07, 6.45) is 3.35. The molecule has 0 aromatic carbocycles. The molecule has 19 heavy (non-hydrogen) atoms. The summed E-state index contributed by atoms with van der Waals surface area (Å²) in [6.45, 7) is 3.14. The van der Waals surface area contributed by atoms with Gasteiger partial charge in [0.25, 0.3) is 0 Å². The Balaban J connectivity index is 1.91. The van der Waals surface area contributed by atoms with E-state index in [4.69, 9.17) is 0 Å². The molecule has 1 N–H and O–H groups in total. The lowest BCUT2D eigenvalue weighted by Gasteiger charge is -2.43. The molecule has 0 spiro atoms. The van der Waals surface area contributed by atoms with E-state index in [1.54, 1.807) is 11.3 Å². The Morgan fingerprint density at radius 3 is 3.11 bits per heavy atom. The standard InChI is InChI=1S/C14H19NO2S2/c1-9-11(3-2-7-18-9)15-6-4-12-10(5-8-19-12)13(15)14(16)17/h5,8-9,11,13H,2-4,6-7H2,1H3,(H,16,17). The van der Waals surface area contributed by atoms with Crippen LogP contribution >= 0.6 is 23.1 Å². The number of hydrogen-bond acceptors (Lipinski definition) is 4. The highest BCUT2D eigenvalue weighted by atomic mass is 32.2. The summed E-state index contributed by atoms with van der Waals surface area (Å²) in [5, 5.41) is 12.2. The van der Waals surface area contributed by atoms with E-state index in [9.17, 15) is 9.90 Å². The Bertz CT molecular complexity index is 474. The second-order valence-electron chi connectivity index (χ2n) is 5.31. The predicted octanol–water partition coefficient (Wildman–Crippen LogP) is 3.02. The normalized spacial score (nSPS) is 31.9. The number of fused-ring (bicyclic) bond motifs is 1. The quantitative estimate of drug-likeness (QED) is 0.911. The molecule has 2 aliphatic rings. The van der Waals surface area contributed by atoms with E-state index in [-0.39, 0.29) is 0 Å². The van der Waals surface area contributed by atoms with Gasteiger partial charge in [-0.2, -0.15) is 11.8 Å². The van der Waals surface area contributed by atoms with Crippen molar-refractivity contribution in [1.82, 2.24) is 4.90 Å². The third-order valence-corrected chi connectivity index (χ3v) is 6.59. The second-order valence-corrected chi connectivity index (χ2v) is 7.80.